The fourth-order valence-electron chi connectivity index (χ4n) is 3.80. The first kappa shape index (κ1) is 23.7. The van der Waals surface area contributed by atoms with Gasteiger partial charge < -0.3 is 9.15 Å². The molecule has 0 spiro atoms. The Hall–Kier alpha value is -4.47. The quantitative estimate of drug-likeness (QED) is 0.486. The second kappa shape index (κ2) is 10.2. The van der Waals surface area contributed by atoms with E-state index in [0.29, 0.717) is 46.8 Å². The van der Waals surface area contributed by atoms with Crippen molar-refractivity contribution in [2.24, 2.45) is 5.10 Å². The largest absolute Gasteiger partial charge is 0.497 e. The molecule has 1 aromatic heterocycles. The number of hydrazine groups is 1. The number of hydrogen-bond donors (Lipinski definition) is 3. The molecule has 0 atom stereocenters. The number of halogens is 1. The summed E-state index contributed by atoms with van der Waals surface area (Å²) in [7, 11) is 1.54. The van der Waals surface area contributed by atoms with Crippen LogP contribution in [-0.2, 0) is 6.42 Å². The number of aryl methyl sites for hydroxylation is 1. The number of hydrogen-bond acceptors (Lipinski definition) is 6. The molecule has 1 aliphatic carbocycles. The van der Waals surface area contributed by atoms with E-state index in [9.17, 15) is 18.8 Å². The van der Waals surface area contributed by atoms with Gasteiger partial charge in [-0.3, -0.25) is 25.2 Å². The maximum atomic E-state index is 13.8. The van der Waals surface area contributed by atoms with Crippen molar-refractivity contribution in [2.75, 3.05) is 7.11 Å². The van der Waals surface area contributed by atoms with Gasteiger partial charge in [-0.1, -0.05) is 12.1 Å². The molecule has 4 rings (SSSR count). The van der Waals surface area contributed by atoms with Crippen LogP contribution in [0.1, 0.15) is 61.0 Å². The number of methoxy groups -OCH3 is 1. The van der Waals surface area contributed by atoms with Crippen LogP contribution in [-0.4, -0.2) is 30.5 Å². The molecule has 0 unspecified atom stereocenters. The Kier molecular flexibility index (Phi) is 6.91. The average molecular weight is 478 g/mol. The third kappa shape index (κ3) is 5.06. The lowest BCUT2D eigenvalue weighted by molar-refractivity contribution is 0.0827. The Labute approximate surface area is 200 Å². The van der Waals surface area contributed by atoms with Crippen LogP contribution < -0.4 is 21.0 Å². The van der Waals surface area contributed by atoms with Gasteiger partial charge in [0.25, 0.3) is 11.8 Å². The average Bonchev–Trinajstić information content (AvgIpc) is 3.23. The standard InChI is InChI=1S/C25H23FN4O5/c1-14-21-19(27-28-23(31)15-10-12-16(34-2)13-11-15)8-5-9-20(21)35-22(14)25(33)30-29-24(32)17-6-3-4-7-18(17)26/h3-4,6-7,10-13H,5,8-9H2,1-2H3,(H,28,31)(H,29,32)(H,30,33)/b27-19+. The first-order chi connectivity index (χ1) is 16.9. The summed E-state index contributed by atoms with van der Waals surface area (Å²) in [4.78, 5) is 37.3. The second-order valence-corrected chi connectivity index (χ2v) is 7.82. The van der Waals surface area contributed by atoms with E-state index >= 15 is 0 Å². The molecule has 180 valence electrons. The van der Waals surface area contributed by atoms with Gasteiger partial charge in [-0.05, 0) is 56.2 Å². The van der Waals surface area contributed by atoms with Crippen LogP contribution in [0.5, 0.6) is 5.75 Å². The summed E-state index contributed by atoms with van der Waals surface area (Å²) >= 11 is 0. The van der Waals surface area contributed by atoms with Crippen LogP contribution in [0.4, 0.5) is 4.39 Å². The molecule has 3 N–H and O–H groups in total. The minimum atomic E-state index is -0.797. The Morgan fingerprint density at radius 1 is 0.971 bits per heavy atom. The molecule has 0 bridgehead atoms. The number of carbonyl (C=O) groups is 3. The van der Waals surface area contributed by atoms with Gasteiger partial charge in [-0.25, -0.2) is 9.82 Å². The molecular weight excluding hydrogens is 455 g/mol. The predicted molar refractivity (Wildman–Crippen MR) is 125 cm³/mol. The fraction of sp³-hybridized carbons (Fsp3) is 0.200. The van der Waals surface area contributed by atoms with Crippen molar-refractivity contribution in [3.8, 4) is 5.75 Å². The molecule has 3 aromatic rings. The number of amides is 3. The molecule has 0 saturated carbocycles. The molecule has 0 saturated heterocycles. The SMILES string of the molecule is COc1ccc(C(=O)N/N=C2\CCCc3oc(C(=O)NNC(=O)c4ccccc4F)c(C)c32)cc1. The van der Waals surface area contributed by atoms with Gasteiger partial charge in [-0.2, -0.15) is 5.10 Å². The molecule has 10 heteroatoms. The Morgan fingerprint density at radius 3 is 2.40 bits per heavy atom. The number of nitrogens with one attached hydrogen (secondary N) is 3. The van der Waals surface area contributed by atoms with Crippen molar-refractivity contribution in [1.29, 1.82) is 0 Å². The molecule has 9 nitrogen and oxygen atoms in total. The fourth-order valence-corrected chi connectivity index (χ4v) is 3.80. The van der Waals surface area contributed by atoms with E-state index in [-0.39, 0.29) is 17.2 Å². The van der Waals surface area contributed by atoms with E-state index < -0.39 is 17.6 Å². The van der Waals surface area contributed by atoms with E-state index in [1.54, 1.807) is 38.3 Å². The van der Waals surface area contributed by atoms with E-state index in [1.807, 2.05) is 0 Å². The van der Waals surface area contributed by atoms with E-state index in [2.05, 4.69) is 21.4 Å². The van der Waals surface area contributed by atoms with Crippen molar-refractivity contribution in [3.63, 3.8) is 0 Å². The number of rotatable bonds is 5. The molecule has 3 amide bonds. The highest BCUT2D eigenvalue weighted by molar-refractivity contribution is 6.07. The van der Waals surface area contributed by atoms with Gasteiger partial charge in [0, 0.05) is 23.1 Å². The molecule has 0 fully saturated rings. The van der Waals surface area contributed by atoms with Crippen LogP contribution >= 0.6 is 0 Å². The summed E-state index contributed by atoms with van der Waals surface area (Å²) in [6.07, 6.45) is 1.90. The normalized spacial score (nSPS) is 13.6. The number of hydrazone groups is 1. The molecule has 1 heterocycles. The van der Waals surface area contributed by atoms with Crippen LogP contribution in [0.15, 0.2) is 58.0 Å². The van der Waals surface area contributed by atoms with E-state index in [0.717, 1.165) is 12.5 Å². The number of furan rings is 1. The van der Waals surface area contributed by atoms with Crippen LogP contribution in [0.25, 0.3) is 0 Å². The Morgan fingerprint density at radius 2 is 1.69 bits per heavy atom. The van der Waals surface area contributed by atoms with Gasteiger partial charge >= 0.3 is 5.91 Å². The van der Waals surface area contributed by atoms with Crippen molar-refractivity contribution in [3.05, 3.63) is 88.1 Å². The molecule has 0 radical (unpaired) electrons. The monoisotopic (exact) mass is 478 g/mol. The van der Waals surface area contributed by atoms with E-state index in [4.69, 9.17) is 9.15 Å². The third-order valence-corrected chi connectivity index (χ3v) is 5.58. The number of benzene rings is 2. The van der Waals surface area contributed by atoms with Crippen molar-refractivity contribution in [2.45, 2.75) is 26.2 Å². The molecule has 2 aromatic carbocycles. The third-order valence-electron chi connectivity index (χ3n) is 5.58. The summed E-state index contributed by atoms with van der Waals surface area (Å²) in [6.45, 7) is 1.70. The van der Waals surface area contributed by atoms with Crippen molar-refractivity contribution >= 4 is 23.4 Å². The maximum Gasteiger partial charge on any atom is 0.305 e. The first-order valence-corrected chi connectivity index (χ1v) is 10.9. The van der Waals surface area contributed by atoms with Gasteiger partial charge in [0.05, 0.1) is 18.4 Å². The second-order valence-electron chi connectivity index (χ2n) is 7.82. The topological polar surface area (TPSA) is 122 Å². The summed E-state index contributed by atoms with van der Waals surface area (Å²) < 4.78 is 24.6. The lowest BCUT2D eigenvalue weighted by Crippen LogP contribution is -2.42. The molecular formula is C25H23FN4O5. The highest BCUT2D eigenvalue weighted by Gasteiger charge is 2.28. The summed E-state index contributed by atoms with van der Waals surface area (Å²) in [5, 5.41) is 4.28. The summed E-state index contributed by atoms with van der Waals surface area (Å²) in [5.41, 5.74) is 8.96. The van der Waals surface area contributed by atoms with Crippen LogP contribution in [0, 0.1) is 12.7 Å². The number of ether oxygens (including phenoxy) is 1. The van der Waals surface area contributed by atoms with Crippen LogP contribution in [0.2, 0.25) is 0 Å². The van der Waals surface area contributed by atoms with Crippen LogP contribution in [0.3, 0.4) is 0 Å². The maximum absolute atomic E-state index is 13.8. The van der Waals surface area contributed by atoms with E-state index in [1.165, 1.54) is 18.2 Å². The zero-order valence-corrected chi connectivity index (χ0v) is 19.1. The smallest absolute Gasteiger partial charge is 0.305 e. The predicted octanol–water partition coefficient (Wildman–Crippen LogP) is 3.28. The Balaban J connectivity index is 1.47. The van der Waals surface area contributed by atoms with Crippen molar-refractivity contribution in [1.82, 2.24) is 16.3 Å². The lowest BCUT2D eigenvalue weighted by atomic mass is 9.93. The highest BCUT2D eigenvalue weighted by Crippen LogP contribution is 2.29. The number of carbonyl (C=O) groups excluding carboxylic acids is 3. The molecule has 35 heavy (non-hydrogen) atoms. The van der Waals surface area contributed by atoms with Gasteiger partial charge in [0.2, 0.25) is 0 Å². The number of fused-ring (bicyclic) bond motifs is 1. The summed E-state index contributed by atoms with van der Waals surface area (Å²) in [6, 6.07) is 12.0. The molecule has 0 aliphatic heterocycles. The summed E-state index contributed by atoms with van der Waals surface area (Å²) in [5.74, 6) is -1.38. The zero-order chi connectivity index (χ0) is 24.9. The first-order valence-electron chi connectivity index (χ1n) is 10.9. The minimum Gasteiger partial charge on any atom is -0.497 e. The van der Waals surface area contributed by atoms with Gasteiger partial charge in [0.1, 0.15) is 17.3 Å². The van der Waals surface area contributed by atoms with Gasteiger partial charge in [-0.15, -0.1) is 0 Å². The Bertz CT molecular complexity index is 1310. The number of nitrogens with zero attached hydrogens (tertiary/aromatic N) is 1. The highest BCUT2D eigenvalue weighted by atomic mass is 19.1. The zero-order valence-electron chi connectivity index (χ0n) is 19.1. The molecule has 1 aliphatic rings. The van der Waals surface area contributed by atoms with Gasteiger partial charge in [0.15, 0.2) is 5.76 Å². The lowest BCUT2D eigenvalue weighted by Gasteiger charge is -2.13. The van der Waals surface area contributed by atoms with Crippen molar-refractivity contribution < 1.29 is 27.9 Å². The minimum absolute atomic E-state index is 0.0000791.